The second kappa shape index (κ2) is 6.96. The van der Waals surface area contributed by atoms with E-state index in [0.717, 1.165) is 28.4 Å². The third-order valence-electron chi connectivity index (χ3n) is 4.41. The molecule has 0 amide bonds. The van der Waals surface area contributed by atoms with E-state index in [0.29, 0.717) is 5.82 Å². The molecule has 1 unspecified atom stereocenters. The van der Waals surface area contributed by atoms with Crippen molar-refractivity contribution in [2.75, 3.05) is 11.1 Å². The molecule has 4 aromatic rings. The summed E-state index contributed by atoms with van der Waals surface area (Å²) >= 11 is 0. The van der Waals surface area contributed by atoms with Crippen LogP contribution in [-0.4, -0.2) is 24.5 Å². The Morgan fingerprint density at radius 2 is 1.89 bits per heavy atom. The van der Waals surface area contributed by atoms with Gasteiger partial charge in [0.05, 0.1) is 6.04 Å². The van der Waals surface area contributed by atoms with Gasteiger partial charge in [-0.05, 0) is 38.1 Å². The summed E-state index contributed by atoms with van der Waals surface area (Å²) in [6.07, 6.45) is 1.33. The van der Waals surface area contributed by atoms with Crippen molar-refractivity contribution in [3.8, 4) is 11.8 Å². The van der Waals surface area contributed by atoms with Gasteiger partial charge in [0.15, 0.2) is 5.65 Å². The van der Waals surface area contributed by atoms with Gasteiger partial charge in [-0.1, -0.05) is 18.2 Å². The van der Waals surface area contributed by atoms with Crippen LogP contribution in [0.4, 0.5) is 11.6 Å². The van der Waals surface area contributed by atoms with Crippen LogP contribution >= 0.6 is 0 Å². The number of benzene rings is 1. The van der Waals surface area contributed by atoms with E-state index in [9.17, 15) is 5.26 Å². The van der Waals surface area contributed by atoms with E-state index < -0.39 is 0 Å². The number of para-hydroxylation sites is 1. The topological polar surface area (TPSA) is 118 Å². The van der Waals surface area contributed by atoms with E-state index in [1.54, 1.807) is 0 Å². The summed E-state index contributed by atoms with van der Waals surface area (Å²) in [5, 5.41) is 12.6. The van der Waals surface area contributed by atoms with Crippen molar-refractivity contribution < 1.29 is 0 Å². The third kappa shape index (κ3) is 2.99. The van der Waals surface area contributed by atoms with E-state index in [-0.39, 0.29) is 17.4 Å². The molecule has 0 aliphatic carbocycles. The number of nitrogens with one attached hydrogen (secondary N) is 1. The molecule has 1 aromatic carbocycles. The zero-order chi connectivity index (χ0) is 19.7. The first kappa shape index (κ1) is 17.4. The van der Waals surface area contributed by atoms with E-state index in [2.05, 4.69) is 20.3 Å². The third-order valence-corrected chi connectivity index (χ3v) is 4.41. The van der Waals surface area contributed by atoms with Gasteiger partial charge in [0, 0.05) is 11.4 Å². The lowest BCUT2D eigenvalue weighted by atomic mass is 10.2. The fraction of sp³-hybridized carbons (Fsp3) is 0.150. The lowest BCUT2D eigenvalue weighted by molar-refractivity contribution is 0.765. The van der Waals surface area contributed by atoms with Crippen molar-refractivity contribution in [3.63, 3.8) is 0 Å². The summed E-state index contributed by atoms with van der Waals surface area (Å²) in [6, 6.07) is 15.6. The average Bonchev–Trinajstić information content (AvgIpc) is 3.07. The Bertz CT molecular complexity index is 1190. The number of aromatic nitrogens is 5. The Kier molecular flexibility index (Phi) is 4.33. The summed E-state index contributed by atoms with van der Waals surface area (Å²) in [5.41, 5.74) is 9.44. The van der Waals surface area contributed by atoms with Crippen LogP contribution in [0.5, 0.6) is 0 Å². The Morgan fingerprint density at radius 1 is 1.11 bits per heavy atom. The number of aryl methyl sites for hydroxylation is 1. The highest BCUT2D eigenvalue weighted by Gasteiger charge is 2.21. The van der Waals surface area contributed by atoms with Crippen LogP contribution in [0.1, 0.15) is 30.0 Å². The Labute approximate surface area is 161 Å². The lowest BCUT2D eigenvalue weighted by Crippen LogP contribution is -2.15. The first-order chi connectivity index (χ1) is 13.6. The minimum atomic E-state index is -0.267. The van der Waals surface area contributed by atoms with Crippen molar-refractivity contribution in [1.82, 2.24) is 24.5 Å². The van der Waals surface area contributed by atoms with Crippen molar-refractivity contribution in [1.29, 1.82) is 5.26 Å². The number of hydrogen-bond acceptors (Lipinski definition) is 7. The van der Waals surface area contributed by atoms with Gasteiger partial charge < -0.3 is 11.1 Å². The number of pyridine rings is 1. The molecule has 4 rings (SSSR count). The second-order valence-electron chi connectivity index (χ2n) is 6.40. The largest absolute Gasteiger partial charge is 0.382 e. The molecular formula is C20H18N8. The summed E-state index contributed by atoms with van der Waals surface area (Å²) < 4.78 is 2.01. The normalized spacial score (nSPS) is 11.9. The minimum Gasteiger partial charge on any atom is -0.382 e. The molecule has 0 aliphatic rings. The van der Waals surface area contributed by atoms with Gasteiger partial charge in [-0.3, -0.25) is 4.57 Å². The molecule has 0 bridgehead atoms. The smallest absolute Gasteiger partial charge is 0.164 e. The minimum absolute atomic E-state index is 0.140. The van der Waals surface area contributed by atoms with Gasteiger partial charge in [-0.15, -0.1) is 0 Å². The van der Waals surface area contributed by atoms with Crippen molar-refractivity contribution in [3.05, 3.63) is 65.9 Å². The molecule has 0 fully saturated rings. The molecule has 8 heteroatoms. The van der Waals surface area contributed by atoms with E-state index in [4.69, 9.17) is 10.7 Å². The Hall–Kier alpha value is -3.99. The van der Waals surface area contributed by atoms with Crippen molar-refractivity contribution >= 4 is 22.8 Å². The van der Waals surface area contributed by atoms with Crippen LogP contribution in [0.3, 0.4) is 0 Å². The molecule has 3 N–H and O–H groups in total. The summed E-state index contributed by atoms with van der Waals surface area (Å²) in [5.74, 6) is 1.26. The molecule has 0 saturated carbocycles. The van der Waals surface area contributed by atoms with Crippen LogP contribution in [0.25, 0.3) is 16.9 Å². The number of nitrogens with two attached hydrogens (primary N) is 1. The van der Waals surface area contributed by atoms with Gasteiger partial charge >= 0.3 is 0 Å². The van der Waals surface area contributed by atoms with Gasteiger partial charge in [-0.2, -0.15) is 5.26 Å². The van der Waals surface area contributed by atoms with Crippen LogP contribution in [0.2, 0.25) is 0 Å². The standard InChI is InChI=1S/C20H18N8/c1-12-8-9-16-20(25-12)28(14-6-4-3-5-7-14)19(27-16)13(2)26-18-15(10-21)17(22)23-11-24-18/h3-9,11,13H,1-2H3,(H3,22,23,24,26). The molecule has 3 aromatic heterocycles. The molecule has 0 radical (unpaired) electrons. The Balaban J connectivity index is 1.85. The maximum Gasteiger partial charge on any atom is 0.164 e. The molecule has 138 valence electrons. The zero-order valence-corrected chi connectivity index (χ0v) is 15.5. The number of imidazole rings is 1. The highest BCUT2D eigenvalue weighted by molar-refractivity contribution is 5.75. The molecular weight excluding hydrogens is 352 g/mol. The van der Waals surface area contributed by atoms with Crippen LogP contribution < -0.4 is 11.1 Å². The first-order valence-electron chi connectivity index (χ1n) is 8.77. The average molecular weight is 370 g/mol. The number of hydrogen-bond donors (Lipinski definition) is 2. The number of nitriles is 1. The SMILES string of the molecule is Cc1ccc2nc(C(C)Nc3ncnc(N)c3C#N)n(-c3ccccc3)c2n1. The second-order valence-corrected chi connectivity index (χ2v) is 6.40. The van der Waals surface area contributed by atoms with Gasteiger partial charge in [0.2, 0.25) is 0 Å². The maximum atomic E-state index is 9.38. The Morgan fingerprint density at radius 3 is 2.64 bits per heavy atom. The van der Waals surface area contributed by atoms with Gasteiger partial charge in [-0.25, -0.2) is 19.9 Å². The summed E-state index contributed by atoms with van der Waals surface area (Å²) in [6.45, 7) is 3.90. The molecule has 0 aliphatic heterocycles. The zero-order valence-electron chi connectivity index (χ0n) is 15.5. The number of nitrogen functional groups attached to an aromatic ring is 1. The molecule has 8 nitrogen and oxygen atoms in total. The monoisotopic (exact) mass is 370 g/mol. The highest BCUT2D eigenvalue weighted by atomic mass is 15.2. The summed E-state index contributed by atoms with van der Waals surface area (Å²) in [4.78, 5) is 17.5. The fourth-order valence-electron chi connectivity index (χ4n) is 3.08. The number of anilines is 2. The van der Waals surface area contributed by atoms with Crippen LogP contribution in [-0.2, 0) is 0 Å². The lowest BCUT2D eigenvalue weighted by Gasteiger charge is -2.17. The predicted molar refractivity (Wildman–Crippen MR) is 107 cm³/mol. The molecule has 28 heavy (non-hydrogen) atoms. The highest BCUT2D eigenvalue weighted by Crippen LogP contribution is 2.27. The van der Waals surface area contributed by atoms with E-state index >= 15 is 0 Å². The molecule has 0 spiro atoms. The van der Waals surface area contributed by atoms with Crippen LogP contribution in [0.15, 0.2) is 48.8 Å². The fourth-order valence-corrected chi connectivity index (χ4v) is 3.08. The van der Waals surface area contributed by atoms with Crippen molar-refractivity contribution in [2.45, 2.75) is 19.9 Å². The van der Waals surface area contributed by atoms with Gasteiger partial charge in [0.1, 0.15) is 40.9 Å². The number of fused-ring (bicyclic) bond motifs is 1. The predicted octanol–water partition coefficient (Wildman–Crippen LogP) is 3.15. The first-order valence-corrected chi connectivity index (χ1v) is 8.77. The summed E-state index contributed by atoms with van der Waals surface area (Å²) in [7, 11) is 0. The molecule has 0 saturated heterocycles. The number of nitrogens with zero attached hydrogens (tertiary/aromatic N) is 6. The van der Waals surface area contributed by atoms with Crippen LogP contribution in [0, 0.1) is 18.3 Å². The number of rotatable bonds is 4. The maximum absolute atomic E-state index is 9.38. The quantitative estimate of drug-likeness (QED) is 0.566. The molecule has 3 heterocycles. The molecule has 1 atom stereocenters. The van der Waals surface area contributed by atoms with E-state index in [1.165, 1.54) is 6.33 Å². The van der Waals surface area contributed by atoms with Crippen molar-refractivity contribution in [2.24, 2.45) is 0 Å². The van der Waals surface area contributed by atoms with Gasteiger partial charge in [0.25, 0.3) is 0 Å². The van der Waals surface area contributed by atoms with E-state index in [1.807, 2.05) is 66.9 Å².